The number of carbonyl (C=O) groups is 3. The maximum atomic E-state index is 13.1. The van der Waals surface area contributed by atoms with E-state index in [9.17, 15) is 14.4 Å². The Labute approximate surface area is 256 Å². The average molecular weight is 592 g/mol. The Hall–Kier alpha value is -5.17. The minimum Gasteiger partial charge on any atom is -0.443 e. The van der Waals surface area contributed by atoms with Crippen molar-refractivity contribution in [2.45, 2.75) is 39.3 Å². The zero-order valence-corrected chi connectivity index (χ0v) is 25.1. The highest BCUT2D eigenvalue weighted by molar-refractivity contribution is 6.09. The van der Waals surface area contributed by atoms with Gasteiger partial charge in [0.1, 0.15) is 11.8 Å². The zero-order chi connectivity index (χ0) is 31.2. The largest absolute Gasteiger partial charge is 0.443 e. The molecule has 44 heavy (non-hydrogen) atoms. The number of hydrogen-bond acceptors (Lipinski definition) is 7. The van der Waals surface area contributed by atoms with E-state index in [0.29, 0.717) is 47.2 Å². The second-order valence-corrected chi connectivity index (χ2v) is 11.2. The Balaban J connectivity index is 1.28. The van der Waals surface area contributed by atoms with Gasteiger partial charge in [-0.05, 0) is 41.9 Å². The first-order chi connectivity index (χ1) is 21.3. The van der Waals surface area contributed by atoms with Crippen LogP contribution < -0.4 is 0 Å². The number of fused-ring (bicyclic) bond motifs is 1. The summed E-state index contributed by atoms with van der Waals surface area (Å²) in [4.78, 5) is 49.0. The van der Waals surface area contributed by atoms with Gasteiger partial charge in [0, 0.05) is 36.3 Å². The third-order valence-electron chi connectivity index (χ3n) is 8.27. The van der Waals surface area contributed by atoms with Gasteiger partial charge in [-0.15, -0.1) is 0 Å². The minimum absolute atomic E-state index is 0.0329. The van der Waals surface area contributed by atoms with Crippen molar-refractivity contribution in [1.29, 1.82) is 5.26 Å². The molecule has 10 nitrogen and oxygen atoms in total. The Morgan fingerprint density at radius 3 is 2.66 bits per heavy atom. The lowest BCUT2D eigenvalue weighted by Crippen LogP contribution is -2.44. The van der Waals surface area contributed by atoms with Gasteiger partial charge in [-0.3, -0.25) is 19.0 Å². The summed E-state index contributed by atoms with van der Waals surface area (Å²) in [6.45, 7) is 5.10. The standard InChI is InChI=1S/C34H35N6O4/c1-23-13-16-39(30(41)12-15-35)20-28(23)19-38(3)32-29-14-17-40(33(29)37-21-36-32)22-44-34(43)24(2)26-10-7-11-27(18-26)31(42)25-8-5-4-6-9-25/h4-11,14,17-19,21,23-24,28H,12-13,16,20,22H2,1-3H3/q+1/b38-19+/t23-,24?,28?/m1/s1. The number of rotatable bonds is 9. The fourth-order valence-corrected chi connectivity index (χ4v) is 5.53. The van der Waals surface area contributed by atoms with Gasteiger partial charge in [-0.25, -0.2) is 4.58 Å². The van der Waals surface area contributed by atoms with Crippen LogP contribution in [-0.4, -0.2) is 68.0 Å². The molecule has 0 aliphatic carbocycles. The van der Waals surface area contributed by atoms with Crippen LogP contribution in [0.4, 0.5) is 5.82 Å². The van der Waals surface area contributed by atoms with E-state index < -0.39 is 11.9 Å². The van der Waals surface area contributed by atoms with Crippen LogP contribution >= 0.6 is 0 Å². The maximum absolute atomic E-state index is 13.1. The van der Waals surface area contributed by atoms with Gasteiger partial charge < -0.3 is 9.64 Å². The quantitative estimate of drug-likeness (QED) is 0.120. The molecule has 0 N–H and O–H groups in total. The van der Waals surface area contributed by atoms with Crippen molar-refractivity contribution in [2.24, 2.45) is 11.8 Å². The molecule has 0 spiro atoms. The number of piperidine rings is 1. The van der Waals surface area contributed by atoms with Crippen LogP contribution in [0, 0.1) is 23.2 Å². The molecule has 0 saturated carbocycles. The Morgan fingerprint density at radius 1 is 1.11 bits per heavy atom. The number of aromatic nitrogens is 3. The molecule has 1 aliphatic heterocycles. The number of amides is 1. The number of benzene rings is 2. The summed E-state index contributed by atoms with van der Waals surface area (Å²) >= 11 is 0. The lowest BCUT2D eigenvalue weighted by molar-refractivity contribution is -0.405. The van der Waals surface area contributed by atoms with Crippen molar-refractivity contribution in [2.75, 3.05) is 20.1 Å². The molecular weight excluding hydrogens is 556 g/mol. The monoisotopic (exact) mass is 591 g/mol. The average Bonchev–Trinajstić information content (AvgIpc) is 3.47. The maximum Gasteiger partial charge on any atom is 0.335 e. The number of nitriles is 1. The summed E-state index contributed by atoms with van der Waals surface area (Å²) in [6, 6.07) is 19.9. The van der Waals surface area contributed by atoms with Crippen molar-refractivity contribution < 1.29 is 23.7 Å². The van der Waals surface area contributed by atoms with Crippen LogP contribution in [0.2, 0.25) is 0 Å². The Kier molecular flexibility index (Phi) is 9.24. The fraction of sp³-hybridized carbons (Fsp3) is 0.324. The van der Waals surface area contributed by atoms with Crippen molar-refractivity contribution in [1.82, 2.24) is 19.4 Å². The molecule has 224 valence electrons. The molecule has 3 atom stereocenters. The van der Waals surface area contributed by atoms with Gasteiger partial charge in [-0.2, -0.15) is 10.2 Å². The molecule has 1 amide bonds. The van der Waals surface area contributed by atoms with Gasteiger partial charge in [0.2, 0.25) is 12.2 Å². The molecule has 4 aromatic rings. The van der Waals surface area contributed by atoms with Crippen LogP contribution in [0.5, 0.6) is 0 Å². The number of hydrogen-bond donors (Lipinski definition) is 0. The number of nitrogens with zero attached hydrogens (tertiary/aromatic N) is 6. The SMILES string of the molecule is CC(C(=O)OCn1ccc2c(/[N+](C)=C/C3CN(C(=O)CC#N)CC[C@H]3C)ncnc21)c1cccc(C(=O)c2ccccc2)c1. The van der Waals surface area contributed by atoms with Gasteiger partial charge in [0.15, 0.2) is 18.2 Å². The smallest absolute Gasteiger partial charge is 0.335 e. The lowest BCUT2D eigenvalue weighted by Gasteiger charge is -2.34. The van der Waals surface area contributed by atoms with E-state index in [0.717, 1.165) is 11.8 Å². The van der Waals surface area contributed by atoms with E-state index in [1.165, 1.54) is 6.33 Å². The predicted molar refractivity (Wildman–Crippen MR) is 164 cm³/mol. The van der Waals surface area contributed by atoms with Gasteiger partial charge in [0.05, 0.1) is 25.2 Å². The lowest BCUT2D eigenvalue weighted by atomic mass is 9.87. The summed E-state index contributed by atoms with van der Waals surface area (Å²) in [5, 5.41) is 9.72. The number of carbonyl (C=O) groups excluding carboxylic acids is 3. The van der Waals surface area contributed by atoms with E-state index in [1.54, 1.807) is 52.9 Å². The Bertz CT molecular complexity index is 1760. The van der Waals surface area contributed by atoms with Crippen molar-refractivity contribution in [3.8, 4) is 6.07 Å². The normalized spacial score (nSPS) is 17.6. The number of ether oxygens (including phenoxy) is 1. The van der Waals surface area contributed by atoms with Crippen LogP contribution in [0.15, 0.2) is 73.2 Å². The van der Waals surface area contributed by atoms with E-state index in [4.69, 9.17) is 10.00 Å². The highest BCUT2D eigenvalue weighted by Crippen LogP contribution is 2.26. The van der Waals surface area contributed by atoms with Gasteiger partial charge >= 0.3 is 11.8 Å². The minimum atomic E-state index is -0.580. The van der Waals surface area contributed by atoms with Crippen molar-refractivity contribution in [3.05, 3.63) is 89.9 Å². The zero-order valence-electron chi connectivity index (χ0n) is 25.1. The second kappa shape index (κ2) is 13.4. The third-order valence-corrected chi connectivity index (χ3v) is 8.27. The van der Waals surface area contributed by atoms with Gasteiger partial charge in [0.25, 0.3) is 0 Å². The van der Waals surface area contributed by atoms with Gasteiger partial charge in [-0.1, -0.05) is 55.5 Å². The molecule has 0 radical (unpaired) electrons. The molecule has 1 saturated heterocycles. The summed E-state index contributed by atoms with van der Waals surface area (Å²) < 4.78 is 9.38. The first-order valence-corrected chi connectivity index (χ1v) is 14.7. The van der Waals surface area contributed by atoms with E-state index in [2.05, 4.69) is 23.1 Å². The van der Waals surface area contributed by atoms with Crippen LogP contribution in [0.25, 0.3) is 11.0 Å². The molecule has 2 unspecified atom stereocenters. The highest BCUT2D eigenvalue weighted by Gasteiger charge is 2.30. The van der Waals surface area contributed by atoms with E-state index >= 15 is 0 Å². The van der Waals surface area contributed by atoms with E-state index in [-0.39, 0.29) is 30.8 Å². The Morgan fingerprint density at radius 2 is 1.89 bits per heavy atom. The summed E-state index contributed by atoms with van der Waals surface area (Å²) in [5.41, 5.74) is 2.42. The topological polar surface area (TPSA) is 121 Å². The van der Waals surface area contributed by atoms with E-state index in [1.807, 2.05) is 48.0 Å². The molecule has 10 heteroatoms. The molecule has 1 fully saturated rings. The predicted octanol–water partition coefficient (Wildman–Crippen LogP) is 4.71. The molecule has 5 rings (SSSR count). The third kappa shape index (κ3) is 6.57. The first-order valence-electron chi connectivity index (χ1n) is 14.7. The fourth-order valence-electron chi connectivity index (χ4n) is 5.53. The van der Waals surface area contributed by atoms with Crippen molar-refractivity contribution >= 4 is 40.7 Å². The molecule has 2 aromatic heterocycles. The summed E-state index contributed by atoms with van der Waals surface area (Å²) in [5.74, 6) is -0.0787. The van der Waals surface area contributed by atoms with Crippen LogP contribution in [0.3, 0.4) is 0 Å². The molecular formula is C34H35N6O4+. The summed E-state index contributed by atoms with van der Waals surface area (Å²) in [7, 11) is 1.92. The number of esters is 1. The second-order valence-electron chi connectivity index (χ2n) is 11.2. The van der Waals surface area contributed by atoms with Crippen LogP contribution in [0.1, 0.15) is 54.1 Å². The molecule has 2 aromatic carbocycles. The molecule has 0 bridgehead atoms. The summed E-state index contributed by atoms with van der Waals surface area (Å²) in [6.07, 6.45) is 6.11. The van der Waals surface area contributed by atoms with Crippen molar-refractivity contribution in [3.63, 3.8) is 0 Å². The number of ketones is 1. The number of likely N-dealkylation sites (tertiary alicyclic amines) is 1. The van der Waals surface area contributed by atoms with Crippen LogP contribution in [-0.2, 0) is 21.1 Å². The molecule has 1 aliphatic rings. The first kappa shape index (κ1) is 30.3. The highest BCUT2D eigenvalue weighted by atomic mass is 16.5. The molecule has 3 heterocycles.